The van der Waals surface area contributed by atoms with E-state index in [2.05, 4.69) is 10.1 Å². The lowest BCUT2D eigenvalue weighted by atomic mass is 10.1. The third-order valence-corrected chi connectivity index (χ3v) is 4.06. The molecule has 0 radical (unpaired) electrons. The Hall–Kier alpha value is -1.58. The van der Waals surface area contributed by atoms with Crippen LogP contribution in [0.4, 0.5) is 0 Å². The fourth-order valence-corrected chi connectivity index (χ4v) is 3.08. The summed E-state index contributed by atoms with van der Waals surface area (Å²) >= 11 is 0. The summed E-state index contributed by atoms with van der Waals surface area (Å²) in [6.45, 7) is 0. The van der Waals surface area contributed by atoms with Crippen LogP contribution in [0.3, 0.4) is 0 Å². The molecular formula is C13H15N3O. The highest BCUT2D eigenvalue weighted by atomic mass is 16.1. The summed E-state index contributed by atoms with van der Waals surface area (Å²) in [5.41, 5.74) is 4.51. The number of H-pyrrole nitrogens is 1. The first-order valence-corrected chi connectivity index (χ1v) is 6.36. The quantitative estimate of drug-likeness (QED) is 0.808. The third kappa shape index (κ3) is 1.18. The van der Waals surface area contributed by atoms with Gasteiger partial charge in [0, 0.05) is 23.9 Å². The fraction of sp³-hybridized carbons (Fsp3) is 0.538. The Kier molecular flexibility index (Phi) is 1.67. The normalized spacial score (nSPS) is 18.9. The summed E-state index contributed by atoms with van der Waals surface area (Å²) in [6.07, 6.45) is 5.58. The minimum absolute atomic E-state index is 0.0929. The van der Waals surface area contributed by atoms with Gasteiger partial charge in [-0.1, -0.05) is 0 Å². The molecule has 2 aromatic heterocycles. The van der Waals surface area contributed by atoms with E-state index in [9.17, 15) is 4.79 Å². The van der Waals surface area contributed by atoms with Crippen molar-refractivity contribution in [3.8, 4) is 0 Å². The molecule has 0 amide bonds. The van der Waals surface area contributed by atoms with E-state index in [1.807, 2.05) is 11.7 Å². The van der Waals surface area contributed by atoms with Crippen LogP contribution in [0.1, 0.15) is 42.0 Å². The zero-order valence-electron chi connectivity index (χ0n) is 9.92. The number of aryl methyl sites for hydroxylation is 2. The van der Waals surface area contributed by atoms with Crippen LogP contribution < -0.4 is 5.56 Å². The van der Waals surface area contributed by atoms with Gasteiger partial charge in [0.05, 0.1) is 5.69 Å². The number of fused-ring (bicyclic) bond motifs is 3. The van der Waals surface area contributed by atoms with Crippen molar-refractivity contribution in [2.45, 2.75) is 38.0 Å². The zero-order chi connectivity index (χ0) is 11.6. The second kappa shape index (κ2) is 3.00. The summed E-state index contributed by atoms with van der Waals surface area (Å²) in [5.74, 6) is 0.634. The van der Waals surface area contributed by atoms with Crippen molar-refractivity contribution in [1.82, 2.24) is 14.8 Å². The van der Waals surface area contributed by atoms with E-state index in [1.165, 1.54) is 29.5 Å². The van der Waals surface area contributed by atoms with Crippen molar-refractivity contribution in [2.75, 3.05) is 0 Å². The van der Waals surface area contributed by atoms with E-state index in [-0.39, 0.29) is 5.56 Å². The van der Waals surface area contributed by atoms with E-state index in [4.69, 9.17) is 0 Å². The highest BCUT2D eigenvalue weighted by Gasteiger charge is 2.32. The molecule has 2 aliphatic rings. The lowest BCUT2D eigenvalue weighted by Gasteiger charge is -2.02. The number of nitrogens with one attached hydrogen (secondary N) is 1. The van der Waals surface area contributed by atoms with Gasteiger partial charge in [-0.2, -0.15) is 5.10 Å². The summed E-state index contributed by atoms with van der Waals surface area (Å²) in [4.78, 5) is 15.0. The molecule has 0 unspecified atom stereocenters. The molecule has 88 valence electrons. The molecule has 0 aromatic carbocycles. The van der Waals surface area contributed by atoms with Crippen molar-refractivity contribution in [1.29, 1.82) is 0 Å². The molecule has 2 heterocycles. The summed E-state index contributed by atoms with van der Waals surface area (Å²) in [7, 11) is 1.92. The Labute approximate surface area is 98.6 Å². The lowest BCUT2D eigenvalue weighted by Crippen LogP contribution is -2.13. The maximum atomic E-state index is 12.0. The van der Waals surface area contributed by atoms with E-state index in [1.54, 1.807) is 0 Å². The Morgan fingerprint density at radius 2 is 2.06 bits per heavy atom. The van der Waals surface area contributed by atoms with Gasteiger partial charge in [0.1, 0.15) is 5.65 Å². The highest BCUT2D eigenvalue weighted by molar-refractivity contribution is 5.84. The van der Waals surface area contributed by atoms with E-state index in [0.29, 0.717) is 5.92 Å². The number of hydrogen-bond acceptors (Lipinski definition) is 2. The maximum Gasteiger partial charge on any atom is 0.253 e. The number of rotatable bonds is 1. The van der Waals surface area contributed by atoms with Crippen LogP contribution in [0, 0.1) is 0 Å². The molecule has 1 N–H and O–H groups in total. The predicted molar refractivity (Wildman–Crippen MR) is 65.3 cm³/mol. The van der Waals surface area contributed by atoms with E-state index < -0.39 is 0 Å². The molecule has 2 aromatic rings. The Bertz CT molecular complexity index is 676. The largest absolute Gasteiger partial charge is 0.307 e. The van der Waals surface area contributed by atoms with Gasteiger partial charge in [-0.05, 0) is 37.7 Å². The minimum atomic E-state index is 0.0929. The summed E-state index contributed by atoms with van der Waals surface area (Å²) in [6, 6.07) is 0. The first kappa shape index (κ1) is 9.45. The molecule has 4 rings (SSSR count). The van der Waals surface area contributed by atoms with E-state index in [0.717, 1.165) is 30.5 Å². The topological polar surface area (TPSA) is 50.7 Å². The molecule has 0 saturated heterocycles. The Balaban J connectivity index is 2.16. The van der Waals surface area contributed by atoms with Crippen molar-refractivity contribution in [2.24, 2.45) is 7.05 Å². The van der Waals surface area contributed by atoms with Gasteiger partial charge in [0.25, 0.3) is 5.56 Å². The number of hydrogen-bond donors (Lipinski definition) is 1. The van der Waals surface area contributed by atoms with Crippen LogP contribution in [-0.2, 0) is 19.9 Å². The number of nitrogens with zero attached hydrogens (tertiary/aromatic N) is 2. The predicted octanol–water partition coefficient (Wildman–Crippen LogP) is 1.63. The molecule has 4 heteroatoms. The third-order valence-electron chi connectivity index (χ3n) is 4.06. The average Bonchev–Trinajstić information content (AvgIpc) is 2.93. The smallest absolute Gasteiger partial charge is 0.253 e. The van der Waals surface area contributed by atoms with Crippen LogP contribution in [0.2, 0.25) is 0 Å². The van der Waals surface area contributed by atoms with Crippen LogP contribution in [0.25, 0.3) is 11.0 Å². The second-order valence-electron chi connectivity index (χ2n) is 5.27. The van der Waals surface area contributed by atoms with Gasteiger partial charge >= 0.3 is 0 Å². The van der Waals surface area contributed by atoms with Gasteiger partial charge in [0.2, 0.25) is 0 Å². The first-order valence-electron chi connectivity index (χ1n) is 6.36. The number of aromatic nitrogens is 3. The second-order valence-corrected chi connectivity index (χ2v) is 5.27. The van der Waals surface area contributed by atoms with Gasteiger partial charge in [-0.3, -0.25) is 9.48 Å². The Morgan fingerprint density at radius 3 is 2.82 bits per heavy atom. The molecule has 1 fully saturated rings. The lowest BCUT2D eigenvalue weighted by molar-refractivity contribution is 0.758. The van der Waals surface area contributed by atoms with Gasteiger partial charge in [-0.15, -0.1) is 0 Å². The molecular weight excluding hydrogens is 214 g/mol. The average molecular weight is 229 g/mol. The Morgan fingerprint density at radius 1 is 1.29 bits per heavy atom. The molecule has 0 spiro atoms. The fourth-order valence-electron chi connectivity index (χ4n) is 3.08. The van der Waals surface area contributed by atoms with Crippen molar-refractivity contribution < 1.29 is 0 Å². The van der Waals surface area contributed by atoms with Crippen molar-refractivity contribution >= 4 is 11.0 Å². The maximum absolute atomic E-state index is 12.0. The first-order chi connectivity index (χ1) is 8.25. The van der Waals surface area contributed by atoms with Gasteiger partial charge < -0.3 is 4.98 Å². The van der Waals surface area contributed by atoms with Crippen LogP contribution >= 0.6 is 0 Å². The molecule has 2 aliphatic carbocycles. The van der Waals surface area contributed by atoms with Crippen molar-refractivity contribution in [3.63, 3.8) is 0 Å². The van der Waals surface area contributed by atoms with Crippen molar-refractivity contribution in [3.05, 3.63) is 27.2 Å². The number of pyridine rings is 1. The molecule has 4 nitrogen and oxygen atoms in total. The molecule has 17 heavy (non-hydrogen) atoms. The monoisotopic (exact) mass is 229 g/mol. The minimum Gasteiger partial charge on any atom is -0.307 e. The summed E-state index contributed by atoms with van der Waals surface area (Å²) in [5, 5.41) is 5.87. The standard InChI is InChI=1S/C13H15N3O/c1-16-12-10(11(15-16)7-5-6-7)8-3-2-4-9(8)13(17)14-12/h7H,2-6H2,1H3,(H,14,17). The molecule has 0 aliphatic heterocycles. The highest BCUT2D eigenvalue weighted by Crippen LogP contribution is 2.43. The van der Waals surface area contributed by atoms with E-state index >= 15 is 0 Å². The van der Waals surface area contributed by atoms with Crippen LogP contribution in [-0.4, -0.2) is 14.8 Å². The zero-order valence-corrected chi connectivity index (χ0v) is 9.92. The van der Waals surface area contributed by atoms with Crippen LogP contribution in [0.15, 0.2) is 4.79 Å². The van der Waals surface area contributed by atoms with Gasteiger partial charge in [0.15, 0.2) is 0 Å². The SMILES string of the molecule is Cn1nc(C2CC2)c2c3c(c(=O)[nH]c21)CCC3. The van der Waals surface area contributed by atoms with Gasteiger partial charge in [-0.25, -0.2) is 0 Å². The van der Waals surface area contributed by atoms with Crippen LogP contribution in [0.5, 0.6) is 0 Å². The molecule has 0 bridgehead atoms. The number of aromatic amines is 1. The summed E-state index contributed by atoms with van der Waals surface area (Å²) < 4.78 is 1.84. The molecule has 0 atom stereocenters. The molecule has 1 saturated carbocycles.